The number of hydrogen-bond acceptors (Lipinski definition) is 3. The molecule has 0 aliphatic carbocycles. The van der Waals surface area contributed by atoms with Crippen LogP contribution in [0.5, 0.6) is 0 Å². The van der Waals surface area contributed by atoms with E-state index in [1.54, 1.807) is 0 Å². The molecule has 18 heavy (non-hydrogen) atoms. The maximum Gasteiger partial charge on any atom is 0.0452 e. The van der Waals surface area contributed by atoms with Crippen LogP contribution in [0.25, 0.3) is 0 Å². The fourth-order valence-electron chi connectivity index (χ4n) is 2.63. The second kappa shape index (κ2) is 4.33. The van der Waals surface area contributed by atoms with Gasteiger partial charge in [0, 0.05) is 36.9 Å². The van der Waals surface area contributed by atoms with Crippen molar-refractivity contribution < 1.29 is 0 Å². The first kappa shape index (κ1) is 11.1. The Morgan fingerprint density at radius 1 is 1.28 bits per heavy atom. The van der Waals surface area contributed by atoms with Gasteiger partial charge in [-0.1, -0.05) is 12.1 Å². The van der Waals surface area contributed by atoms with E-state index in [1.807, 2.05) is 24.5 Å². The van der Waals surface area contributed by atoms with Crippen LogP contribution >= 0.6 is 0 Å². The van der Waals surface area contributed by atoms with Gasteiger partial charge in [-0.25, -0.2) is 0 Å². The molecule has 3 heteroatoms. The minimum atomic E-state index is 0.896. The van der Waals surface area contributed by atoms with Gasteiger partial charge in [0.05, 0.1) is 0 Å². The summed E-state index contributed by atoms with van der Waals surface area (Å²) in [5.74, 6) is 0. The number of rotatable bonds is 1. The van der Waals surface area contributed by atoms with Crippen molar-refractivity contribution in [1.29, 1.82) is 0 Å². The highest BCUT2D eigenvalue weighted by atomic mass is 15.1. The fourth-order valence-corrected chi connectivity index (χ4v) is 2.63. The summed E-state index contributed by atoms with van der Waals surface area (Å²) in [6, 6.07) is 8.30. The second-order valence-corrected chi connectivity index (χ2v) is 4.82. The average molecular weight is 239 g/mol. The first-order chi connectivity index (χ1) is 8.75. The third-order valence-corrected chi connectivity index (χ3v) is 3.64. The van der Waals surface area contributed by atoms with Crippen molar-refractivity contribution in [1.82, 2.24) is 4.98 Å². The smallest absolute Gasteiger partial charge is 0.0452 e. The Kier molecular flexibility index (Phi) is 2.67. The molecular formula is C15H17N3. The molecule has 92 valence electrons. The number of fused-ring (bicyclic) bond motifs is 1. The van der Waals surface area contributed by atoms with Gasteiger partial charge in [-0.2, -0.15) is 0 Å². The van der Waals surface area contributed by atoms with Crippen LogP contribution in [0.2, 0.25) is 0 Å². The molecule has 3 rings (SSSR count). The summed E-state index contributed by atoms with van der Waals surface area (Å²) in [7, 11) is 0. The molecule has 0 unspecified atom stereocenters. The lowest BCUT2D eigenvalue weighted by atomic mass is 9.97. The van der Waals surface area contributed by atoms with Crippen LogP contribution in [0.4, 0.5) is 11.4 Å². The van der Waals surface area contributed by atoms with Gasteiger partial charge in [0.1, 0.15) is 0 Å². The molecule has 0 bridgehead atoms. The molecule has 1 aliphatic rings. The van der Waals surface area contributed by atoms with E-state index in [9.17, 15) is 0 Å². The van der Waals surface area contributed by atoms with Gasteiger partial charge in [0.15, 0.2) is 0 Å². The second-order valence-electron chi connectivity index (χ2n) is 4.82. The topological polar surface area (TPSA) is 42.2 Å². The van der Waals surface area contributed by atoms with Gasteiger partial charge in [-0.15, -0.1) is 0 Å². The van der Waals surface area contributed by atoms with E-state index in [0.29, 0.717) is 0 Å². The first-order valence-electron chi connectivity index (χ1n) is 6.27. The highest BCUT2D eigenvalue weighted by molar-refractivity contribution is 5.58. The van der Waals surface area contributed by atoms with Crippen LogP contribution in [-0.2, 0) is 13.0 Å². The van der Waals surface area contributed by atoms with Crippen molar-refractivity contribution >= 4 is 11.4 Å². The average Bonchev–Trinajstić information content (AvgIpc) is 2.40. The van der Waals surface area contributed by atoms with Crippen LogP contribution in [-0.4, -0.2) is 11.5 Å². The molecular weight excluding hydrogens is 222 g/mol. The van der Waals surface area contributed by atoms with Crippen LogP contribution in [0.15, 0.2) is 36.7 Å². The van der Waals surface area contributed by atoms with Crippen molar-refractivity contribution in [3.63, 3.8) is 0 Å². The van der Waals surface area contributed by atoms with E-state index in [2.05, 4.69) is 28.9 Å². The van der Waals surface area contributed by atoms with Crippen molar-refractivity contribution in [2.24, 2.45) is 0 Å². The van der Waals surface area contributed by atoms with Crippen molar-refractivity contribution in [3.8, 4) is 0 Å². The zero-order valence-electron chi connectivity index (χ0n) is 10.6. The number of nitrogens with zero attached hydrogens (tertiary/aromatic N) is 2. The summed E-state index contributed by atoms with van der Waals surface area (Å²) in [6.07, 6.45) is 4.83. The fraction of sp³-hybridized carbons (Fsp3) is 0.267. The molecule has 1 aliphatic heterocycles. The van der Waals surface area contributed by atoms with E-state index in [1.165, 1.54) is 22.4 Å². The van der Waals surface area contributed by atoms with Crippen LogP contribution in [0, 0.1) is 6.92 Å². The number of benzene rings is 1. The lowest BCUT2D eigenvalue weighted by molar-refractivity contribution is 0.730. The first-order valence-corrected chi connectivity index (χ1v) is 6.27. The Balaban J connectivity index is 1.96. The minimum absolute atomic E-state index is 0.896. The van der Waals surface area contributed by atoms with Gasteiger partial charge in [-0.05, 0) is 42.2 Å². The number of aromatic nitrogens is 1. The van der Waals surface area contributed by atoms with Gasteiger partial charge >= 0.3 is 0 Å². The Hall–Kier alpha value is -2.03. The molecule has 0 saturated heterocycles. The van der Waals surface area contributed by atoms with Gasteiger partial charge in [-0.3, -0.25) is 4.98 Å². The summed E-state index contributed by atoms with van der Waals surface area (Å²) in [5, 5.41) is 0. The quantitative estimate of drug-likeness (QED) is 0.778. The SMILES string of the molecule is Cc1cnccc1N1CCc2cccc(N)c2C1. The Morgan fingerprint density at radius 3 is 3.00 bits per heavy atom. The van der Waals surface area contributed by atoms with Crippen LogP contribution in [0.1, 0.15) is 16.7 Å². The predicted octanol–water partition coefficient (Wildman–Crippen LogP) is 2.53. The molecule has 2 heterocycles. The number of nitrogens with two attached hydrogens (primary N) is 1. The molecule has 0 saturated carbocycles. The lowest BCUT2D eigenvalue weighted by Crippen LogP contribution is -2.31. The predicted molar refractivity (Wildman–Crippen MR) is 74.6 cm³/mol. The Bertz CT molecular complexity index is 578. The summed E-state index contributed by atoms with van der Waals surface area (Å²) >= 11 is 0. The number of anilines is 2. The number of nitrogen functional groups attached to an aromatic ring is 1. The molecule has 2 N–H and O–H groups in total. The molecule has 0 radical (unpaired) electrons. The summed E-state index contributed by atoms with van der Waals surface area (Å²) in [4.78, 5) is 6.53. The molecule has 0 spiro atoms. The van der Waals surface area contributed by atoms with Gasteiger partial charge in [0.25, 0.3) is 0 Å². The highest BCUT2D eigenvalue weighted by Gasteiger charge is 2.19. The summed E-state index contributed by atoms with van der Waals surface area (Å²) < 4.78 is 0. The lowest BCUT2D eigenvalue weighted by Gasteiger charge is -2.32. The Morgan fingerprint density at radius 2 is 2.17 bits per heavy atom. The van der Waals surface area contributed by atoms with Crippen molar-refractivity contribution in [2.75, 3.05) is 17.2 Å². The summed E-state index contributed by atoms with van der Waals surface area (Å²) in [5.41, 5.74) is 12.1. The molecule has 2 aromatic rings. The highest BCUT2D eigenvalue weighted by Crippen LogP contribution is 2.29. The van der Waals surface area contributed by atoms with Crippen molar-refractivity contribution in [3.05, 3.63) is 53.3 Å². The number of pyridine rings is 1. The van der Waals surface area contributed by atoms with E-state index in [4.69, 9.17) is 5.73 Å². The molecule has 0 atom stereocenters. The number of hydrogen-bond donors (Lipinski definition) is 1. The molecule has 0 amide bonds. The third-order valence-electron chi connectivity index (χ3n) is 3.64. The zero-order valence-corrected chi connectivity index (χ0v) is 10.6. The Labute approximate surface area is 107 Å². The molecule has 1 aromatic heterocycles. The third kappa shape index (κ3) is 1.82. The molecule has 0 fully saturated rings. The van der Waals surface area contributed by atoms with E-state index in [0.717, 1.165) is 25.2 Å². The monoisotopic (exact) mass is 239 g/mol. The van der Waals surface area contributed by atoms with Crippen molar-refractivity contribution in [2.45, 2.75) is 19.9 Å². The largest absolute Gasteiger partial charge is 0.398 e. The standard InChI is InChI=1S/C15H17N3/c1-11-9-17-7-5-15(11)18-8-6-12-3-2-4-14(16)13(12)10-18/h2-5,7,9H,6,8,10,16H2,1H3. The number of aryl methyl sites for hydroxylation is 1. The van der Waals surface area contributed by atoms with E-state index in [-0.39, 0.29) is 0 Å². The van der Waals surface area contributed by atoms with Crippen LogP contribution < -0.4 is 10.6 Å². The van der Waals surface area contributed by atoms with Crippen LogP contribution in [0.3, 0.4) is 0 Å². The van der Waals surface area contributed by atoms with E-state index >= 15 is 0 Å². The van der Waals surface area contributed by atoms with Gasteiger partial charge < -0.3 is 10.6 Å². The minimum Gasteiger partial charge on any atom is -0.398 e. The summed E-state index contributed by atoms with van der Waals surface area (Å²) in [6.45, 7) is 4.04. The van der Waals surface area contributed by atoms with E-state index < -0.39 is 0 Å². The maximum absolute atomic E-state index is 6.08. The normalized spacial score (nSPS) is 14.4. The molecule has 1 aromatic carbocycles. The zero-order chi connectivity index (χ0) is 12.5. The maximum atomic E-state index is 6.08. The van der Waals surface area contributed by atoms with Gasteiger partial charge in [0.2, 0.25) is 0 Å². The molecule has 3 nitrogen and oxygen atoms in total.